The van der Waals surface area contributed by atoms with Gasteiger partial charge in [0.15, 0.2) is 6.10 Å². The van der Waals surface area contributed by atoms with E-state index in [-0.39, 0.29) is 32.6 Å². The molecule has 0 aromatic rings. The first-order valence-corrected chi connectivity index (χ1v) is 22.6. The minimum Gasteiger partial charge on any atom is -0.462 e. The monoisotopic (exact) mass is 768 g/mol. The number of esters is 2. The van der Waals surface area contributed by atoms with Crippen molar-refractivity contribution in [3.63, 3.8) is 0 Å². The highest BCUT2D eigenvalue weighted by Gasteiger charge is 2.25. The van der Waals surface area contributed by atoms with Crippen LogP contribution in [-0.4, -0.2) is 49.3 Å². The van der Waals surface area contributed by atoms with Gasteiger partial charge in [0.1, 0.15) is 6.61 Å². The van der Waals surface area contributed by atoms with E-state index < -0.39 is 32.5 Å². The third-order valence-electron chi connectivity index (χ3n) is 8.70. The molecule has 0 radical (unpaired) electrons. The van der Waals surface area contributed by atoms with Crippen molar-refractivity contribution < 1.29 is 37.6 Å². The quantitative estimate of drug-likeness (QED) is 0.0271. The van der Waals surface area contributed by atoms with E-state index in [4.69, 9.17) is 24.3 Å². The summed E-state index contributed by atoms with van der Waals surface area (Å²) in [5.41, 5.74) is 5.33. The number of phosphoric ester groups is 1. The van der Waals surface area contributed by atoms with Gasteiger partial charge in [-0.15, -0.1) is 0 Å². The van der Waals surface area contributed by atoms with Gasteiger partial charge in [0, 0.05) is 19.4 Å². The van der Waals surface area contributed by atoms with E-state index in [9.17, 15) is 19.0 Å². The zero-order valence-corrected chi connectivity index (χ0v) is 34.6. The molecule has 0 aliphatic heterocycles. The van der Waals surface area contributed by atoms with Crippen molar-refractivity contribution in [2.45, 2.75) is 187 Å². The Morgan fingerprint density at radius 1 is 0.566 bits per heavy atom. The van der Waals surface area contributed by atoms with E-state index in [1.54, 1.807) is 0 Å². The van der Waals surface area contributed by atoms with Gasteiger partial charge >= 0.3 is 19.8 Å². The minimum atomic E-state index is -4.40. The summed E-state index contributed by atoms with van der Waals surface area (Å²) in [6.07, 6.45) is 44.5. The molecule has 0 saturated heterocycles. The van der Waals surface area contributed by atoms with Crippen LogP contribution in [0.15, 0.2) is 48.6 Å². The van der Waals surface area contributed by atoms with Crippen molar-refractivity contribution in [2.75, 3.05) is 26.4 Å². The van der Waals surface area contributed by atoms with Crippen LogP contribution in [0.4, 0.5) is 0 Å². The van der Waals surface area contributed by atoms with E-state index in [2.05, 4.69) is 50.3 Å². The Labute approximate surface area is 324 Å². The van der Waals surface area contributed by atoms with Crippen molar-refractivity contribution >= 4 is 19.8 Å². The lowest BCUT2D eigenvalue weighted by molar-refractivity contribution is -0.161. The summed E-state index contributed by atoms with van der Waals surface area (Å²) in [5.74, 6) is -0.947. The number of carbonyl (C=O) groups is 2. The molecule has 0 spiro atoms. The third-order valence-corrected chi connectivity index (χ3v) is 9.68. The number of nitrogens with two attached hydrogens (primary N) is 1. The Bertz CT molecular complexity index is 1010. The molecular formula is C43H78NO8P. The summed E-state index contributed by atoms with van der Waals surface area (Å²) < 4.78 is 32.6. The first-order chi connectivity index (χ1) is 25.8. The zero-order chi connectivity index (χ0) is 38.9. The number of hydrogen-bond donors (Lipinski definition) is 2. The highest BCUT2D eigenvalue weighted by atomic mass is 31.2. The Morgan fingerprint density at radius 3 is 1.55 bits per heavy atom. The molecule has 2 atom stereocenters. The number of rotatable bonds is 39. The molecule has 0 rings (SSSR count). The number of ether oxygens (including phenoxy) is 2. The molecule has 308 valence electrons. The first-order valence-electron chi connectivity index (χ1n) is 21.1. The summed E-state index contributed by atoms with van der Waals surface area (Å²) in [6.45, 7) is 3.62. The molecule has 0 heterocycles. The smallest absolute Gasteiger partial charge is 0.462 e. The van der Waals surface area contributed by atoms with Crippen LogP contribution in [0.2, 0.25) is 0 Å². The summed E-state index contributed by atoms with van der Waals surface area (Å²) in [4.78, 5) is 34.8. The first kappa shape index (κ1) is 51.0. The largest absolute Gasteiger partial charge is 0.472 e. The SMILES string of the molecule is CCCCCCCC/C=C/C/C=C/C/C=C/CCCC(=O)O[C@H](COC(=O)CC/C=C/CCCCCCCCCCCCC)COP(=O)(O)OCCN. The van der Waals surface area contributed by atoms with Crippen LogP contribution in [0.25, 0.3) is 0 Å². The molecule has 0 aliphatic carbocycles. The zero-order valence-electron chi connectivity index (χ0n) is 33.7. The van der Waals surface area contributed by atoms with E-state index >= 15 is 0 Å². The molecule has 0 aromatic heterocycles. The molecule has 53 heavy (non-hydrogen) atoms. The predicted molar refractivity (Wildman–Crippen MR) is 220 cm³/mol. The van der Waals surface area contributed by atoms with Gasteiger partial charge in [-0.05, 0) is 57.8 Å². The van der Waals surface area contributed by atoms with Gasteiger partial charge in [0.2, 0.25) is 0 Å². The maximum atomic E-state index is 12.5. The molecule has 1 unspecified atom stereocenters. The fourth-order valence-electron chi connectivity index (χ4n) is 5.55. The average Bonchev–Trinajstić information content (AvgIpc) is 3.14. The van der Waals surface area contributed by atoms with Crippen molar-refractivity contribution in [1.29, 1.82) is 0 Å². The molecule has 0 aromatic carbocycles. The second-order valence-corrected chi connectivity index (χ2v) is 15.3. The van der Waals surface area contributed by atoms with Crippen molar-refractivity contribution in [3.8, 4) is 0 Å². The maximum absolute atomic E-state index is 12.5. The van der Waals surface area contributed by atoms with Crippen molar-refractivity contribution in [3.05, 3.63) is 48.6 Å². The standard InChI is InChI=1S/C43H78NO8P/c1-3-5-7-9-11-13-15-17-19-20-22-24-26-28-30-32-34-36-43(46)52-41(40-51-53(47,48)50-38-37-44)39-49-42(45)35-33-31-29-27-25-23-21-18-16-14-12-10-8-6-4-2/h17,19,22,24,28-31,41H,3-16,18,20-21,23,25-27,32-40,44H2,1-2H3,(H,47,48)/b19-17+,24-22+,30-28+,31-29+/t41-/m1/s1. The van der Waals surface area contributed by atoms with Gasteiger partial charge in [0.25, 0.3) is 0 Å². The van der Waals surface area contributed by atoms with Gasteiger partial charge in [0.05, 0.1) is 13.2 Å². The molecule has 0 fully saturated rings. The highest BCUT2D eigenvalue weighted by molar-refractivity contribution is 7.47. The molecule has 9 nitrogen and oxygen atoms in total. The van der Waals surface area contributed by atoms with E-state index in [1.165, 1.54) is 103 Å². The van der Waals surface area contributed by atoms with E-state index in [1.807, 2.05) is 12.2 Å². The summed E-state index contributed by atoms with van der Waals surface area (Å²) in [5, 5.41) is 0. The van der Waals surface area contributed by atoms with Gasteiger partial charge in [-0.25, -0.2) is 4.57 Å². The Balaban J connectivity index is 4.30. The van der Waals surface area contributed by atoms with Gasteiger partial charge < -0.3 is 20.1 Å². The van der Waals surface area contributed by atoms with Gasteiger partial charge in [-0.3, -0.25) is 18.6 Å². The number of unbranched alkanes of at least 4 members (excludes halogenated alkanes) is 18. The van der Waals surface area contributed by atoms with Crippen LogP contribution in [0, 0.1) is 0 Å². The maximum Gasteiger partial charge on any atom is 0.472 e. The van der Waals surface area contributed by atoms with E-state index in [0.717, 1.165) is 32.1 Å². The summed E-state index contributed by atoms with van der Waals surface area (Å²) in [7, 11) is -4.40. The summed E-state index contributed by atoms with van der Waals surface area (Å²) >= 11 is 0. The molecule has 3 N–H and O–H groups in total. The van der Waals surface area contributed by atoms with Crippen molar-refractivity contribution in [2.24, 2.45) is 5.73 Å². The second kappa shape index (κ2) is 39.7. The van der Waals surface area contributed by atoms with Gasteiger partial charge in [-0.2, -0.15) is 0 Å². The fourth-order valence-corrected chi connectivity index (χ4v) is 6.31. The topological polar surface area (TPSA) is 134 Å². The van der Waals surface area contributed by atoms with Crippen LogP contribution >= 0.6 is 7.82 Å². The van der Waals surface area contributed by atoms with Crippen LogP contribution < -0.4 is 5.73 Å². The highest BCUT2D eigenvalue weighted by Crippen LogP contribution is 2.43. The van der Waals surface area contributed by atoms with Crippen LogP contribution in [0.3, 0.4) is 0 Å². The molecule has 0 saturated carbocycles. The molecule has 0 amide bonds. The molecule has 0 bridgehead atoms. The number of allylic oxidation sites excluding steroid dienone is 8. The number of carbonyl (C=O) groups excluding carboxylic acids is 2. The fraction of sp³-hybridized carbons (Fsp3) is 0.767. The van der Waals surface area contributed by atoms with Crippen molar-refractivity contribution in [1.82, 2.24) is 0 Å². The number of phosphoric acid groups is 1. The van der Waals surface area contributed by atoms with E-state index in [0.29, 0.717) is 19.3 Å². The minimum absolute atomic E-state index is 0.0408. The lowest BCUT2D eigenvalue weighted by Crippen LogP contribution is -2.29. The summed E-state index contributed by atoms with van der Waals surface area (Å²) in [6, 6.07) is 0. The molecular weight excluding hydrogens is 689 g/mol. The molecule has 10 heteroatoms. The van der Waals surface area contributed by atoms with Gasteiger partial charge in [-0.1, -0.05) is 159 Å². The van der Waals surface area contributed by atoms with Crippen LogP contribution in [0.1, 0.15) is 181 Å². The second-order valence-electron chi connectivity index (χ2n) is 13.8. The average molecular weight is 768 g/mol. The lowest BCUT2D eigenvalue weighted by atomic mass is 10.1. The normalized spacial score (nSPS) is 13.8. The predicted octanol–water partition coefficient (Wildman–Crippen LogP) is 11.9. The lowest BCUT2D eigenvalue weighted by Gasteiger charge is -2.19. The Morgan fingerprint density at radius 2 is 1.02 bits per heavy atom. The Hall–Kier alpha value is -2.03. The van der Waals surface area contributed by atoms with Crippen LogP contribution in [-0.2, 0) is 32.7 Å². The van der Waals surface area contributed by atoms with Crippen LogP contribution in [0.5, 0.6) is 0 Å². The Kier molecular flexibility index (Phi) is 38.1. The molecule has 0 aliphatic rings. The number of hydrogen-bond acceptors (Lipinski definition) is 8. The third kappa shape index (κ3) is 39.5.